The molecule has 33 heavy (non-hydrogen) atoms. The lowest BCUT2D eigenvalue weighted by molar-refractivity contribution is -0.143. The summed E-state index contributed by atoms with van der Waals surface area (Å²) in [5.41, 5.74) is 4.62. The molecule has 3 atom stereocenters. The molecule has 2 amide bonds. The molecule has 0 bridgehead atoms. The van der Waals surface area contributed by atoms with Gasteiger partial charge in [0.15, 0.2) is 0 Å². The Morgan fingerprint density at radius 2 is 1.70 bits per heavy atom. The number of nitrogens with one attached hydrogen (secondary N) is 1. The van der Waals surface area contributed by atoms with Crippen molar-refractivity contribution >= 4 is 18.0 Å². The van der Waals surface area contributed by atoms with Crippen molar-refractivity contribution < 1.29 is 24.2 Å². The number of rotatable bonds is 7. The van der Waals surface area contributed by atoms with Gasteiger partial charge in [-0.3, -0.25) is 9.59 Å². The number of carboxylic acid groups (broad SMARTS) is 1. The molecule has 0 saturated carbocycles. The zero-order valence-electron chi connectivity index (χ0n) is 19.0. The maximum Gasteiger partial charge on any atom is 0.407 e. The van der Waals surface area contributed by atoms with Crippen LogP contribution in [0, 0.1) is 5.92 Å². The van der Waals surface area contributed by atoms with Crippen molar-refractivity contribution in [3.63, 3.8) is 0 Å². The Morgan fingerprint density at radius 1 is 1.09 bits per heavy atom. The van der Waals surface area contributed by atoms with Crippen molar-refractivity contribution in [3.8, 4) is 11.1 Å². The van der Waals surface area contributed by atoms with Gasteiger partial charge in [0.1, 0.15) is 6.61 Å². The molecule has 7 heteroatoms. The van der Waals surface area contributed by atoms with Crippen LogP contribution in [-0.2, 0) is 14.3 Å². The number of carbonyl (C=O) groups excluding carboxylic acids is 2. The molecule has 1 saturated heterocycles. The van der Waals surface area contributed by atoms with E-state index in [-0.39, 0.29) is 36.9 Å². The molecule has 1 heterocycles. The fraction of sp³-hybridized carbons (Fsp3) is 0.423. The van der Waals surface area contributed by atoms with E-state index >= 15 is 0 Å². The van der Waals surface area contributed by atoms with Gasteiger partial charge in [-0.15, -0.1) is 0 Å². The van der Waals surface area contributed by atoms with Crippen LogP contribution in [0.4, 0.5) is 4.79 Å². The highest BCUT2D eigenvalue weighted by Crippen LogP contribution is 2.44. The first-order valence-electron chi connectivity index (χ1n) is 11.5. The number of fused-ring (bicyclic) bond motifs is 3. The van der Waals surface area contributed by atoms with E-state index in [1.807, 2.05) is 31.2 Å². The molecular formula is C26H30N2O5. The Balaban J connectivity index is 1.34. The molecule has 174 valence electrons. The number of aliphatic carboxylic acids is 1. The standard InChI is InChI=1S/C26H30N2O5/c1-3-17(14-24(29)28-13-12-18(16(28)2)25(30)31)27-26(32)33-15-23-21-10-6-4-8-19(21)20-9-5-7-11-22(20)23/h4-11,16-18,23H,3,12-15H2,1-2H3,(H,27,32)(H,30,31)/t16?,17-,18?/m1/s1. The second-order valence-corrected chi connectivity index (χ2v) is 8.84. The minimum atomic E-state index is -0.874. The molecule has 2 unspecified atom stereocenters. The van der Waals surface area contributed by atoms with Gasteiger partial charge in [0.2, 0.25) is 5.91 Å². The second kappa shape index (κ2) is 9.65. The van der Waals surface area contributed by atoms with Crippen LogP contribution in [0.3, 0.4) is 0 Å². The highest BCUT2D eigenvalue weighted by Gasteiger charge is 2.38. The van der Waals surface area contributed by atoms with E-state index in [0.29, 0.717) is 19.4 Å². The lowest BCUT2D eigenvalue weighted by Gasteiger charge is -2.26. The summed E-state index contributed by atoms with van der Waals surface area (Å²) in [6.45, 7) is 4.31. The summed E-state index contributed by atoms with van der Waals surface area (Å²) in [4.78, 5) is 38.3. The van der Waals surface area contributed by atoms with Gasteiger partial charge in [0.05, 0.1) is 5.92 Å². The van der Waals surface area contributed by atoms with E-state index in [2.05, 4.69) is 29.6 Å². The summed E-state index contributed by atoms with van der Waals surface area (Å²) in [5.74, 6) is -1.58. The number of alkyl carbamates (subject to hydrolysis) is 1. The maximum absolute atomic E-state index is 12.8. The fourth-order valence-electron chi connectivity index (χ4n) is 5.05. The quantitative estimate of drug-likeness (QED) is 0.664. The molecule has 1 fully saturated rings. The Kier molecular flexibility index (Phi) is 6.67. The number of benzene rings is 2. The third-order valence-corrected chi connectivity index (χ3v) is 6.97. The van der Waals surface area contributed by atoms with Crippen LogP contribution < -0.4 is 5.32 Å². The van der Waals surface area contributed by atoms with Crippen LogP contribution in [0.25, 0.3) is 11.1 Å². The van der Waals surface area contributed by atoms with Crippen LogP contribution in [0.15, 0.2) is 48.5 Å². The molecule has 0 aromatic heterocycles. The molecule has 0 spiro atoms. The first kappa shape index (κ1) is 22.8. The minimum Gasteiger partial charge on any atom is -0.481 e. The van der Waals surface area contributed by atoms with Crippen molar-refractivity contribution in [1.29, 1.82) is 0 Å². The first-order valence-corrected chi connectivity index (χ1v) is 11.5. The van der Waals surface area contributed by atoms with Crippen molar-refractivity contribution in [3.05, 3.63) is 59.7 Å². The van der Waals surface area contributed by atoms with Crippen molar-refractivity contribution in [1.82, 2.24) is 10.2 Å². The number of hydrogen-bond acceptors (Lipinski definition) is 4. The van der Waals surface area contributed by atoms with Gasteiger partial charge in [-0.1, -0.05) is 55.5 Å². The smallest absolute Gasteiger partial charge is 0.407 e. The van der Waals surface area contributed by atoms with Crippen molar-refractivity contribution in [2.45, 2.75) is 51.1 Å². The van der Waals surface area contributed by atoms with Crippen LogP contribution >= 0.6 is 0 Å². The average molecular weight is 451 g/mol. The number of carboxylic acids is 1. The lowest BCUT2D eigenvalue weighted by atomic mass is 9.98. The number of hydrogen-bond donors (Lipinski definition) is 2. The molecule has 1 aliphatic carbocycles. The zero-order valence-corrected chi connectivity index (χ0v) is 19.0. The van der Waals surface area contributed by atoms with Gasteiger partial charge in [0, 0.05) is 31.0 Å². The average Bonchev–Trinajstić information content (AvgIpc) is 3.35. The molecule has 0 radical (unpaired) electrons. The Labute approximate surface area is 193 Å². The Bertz CT molecular complexity index is 1010. The monoisotopic (exact) mass is 450 g/mol. The van der Waals surface area contributed by atoms with Crippen LogP contribution in [0.5, 0.6) is 0 Å². The normalized spacial score (nSPS) is 20.1. The van der Waals surface area contributed by atoms with E-state index in [9.17, 15) is 19.5 Å². The summed E-state index contributed by atoms with van der Waals surface area (Å²) in [7, 11) is 0. The summed E-state index contributed by atoms with van der Waals surface area (Å²) >= 11 is 0. The van der Waals surface area contributed by atoms with E-state index < -0.39 is 18.0 Å². The second-order valence-electron chi connectivity index (χ2n) is 8.84. The zero-order chi connectivity index (χ0) is 23.5. The number of carbonyl (C=O) groups is 3. The maximum atomic E-state index is 12.8. The summed E-state index contributed by atoms with van der Waals surface area (Å²) in [6.07, 6.45) is 0.603. The van der Waals surface area contributed by atoms with Gasteiger partial charge in [-0.25, -0.2) is 4.79 Å². The third-order valence-electron chi connectivity index (χ3n) is 6.97. The molecule has 2 aromatic carbocycles. The van der Waals surface area contributed by atoms with Gasteiger partial charge >= 0.3 is 12.1 Å². The summed E-state index contributed by atoms with van der Waals surface area (Å²) < 4.78 is 5.60. The van der Waals surface area contributed by atoms with Gasteiger partial charge in [0.25, 0.3) is 0 Å². The predicted molar refractivity (Wildman–Crippen MR) is 124 cm³/mol. The number of nitrogens with zero attached hydrogens (tertiary/aromatic N) is 1. The Morgan fingerprint density at radius 3 is 2.24 bits per heavy atom. The molecule has 2 aliphatic rings. The highest BCUT2D eigenvalue weighted by atomic mass is 16.5. The predicted octanol–water partition coefficient (Wildman–Crippen LogP) is 4.02. The number of amides is 2. The number of likely N-dealkylation sites (tertiary alicyclic amines) is 1. The molecular weight excluding hydrogens is 420 g/mol. The van der Waals surface area contributed by atoms with E-state index in [4.69, 9.17) is 4.74 Å². The largest absolute Gasteiger partial charge is 0.481 e. The van der Waals surface area contributed by atoms with E-state index in [0.717, 1.165) is 11.1 Å². The molecule has 2 N–H and O–H groups in total. The Hall–Kier alpha value is -3.35. The van der Waals surface area contributed by atoms with Crippen LogP contribution in [0.1, 0.15) is 50.2 Å². The van der Waals surface area contributed by atoms with Crippen molar-refractivity contribution in [2.24, 2.45) is 5.92 Å². The summed E-state index contributed by atoms with van der Waals surface area (Å²) in [6, 6.07) is 15.6. The fourth-order valence-corrected chi connectivity index (χ4v) is 5.05. The molecule has 4 rings (SSSR count). The van der Waals surface area contributed by atoms with Gasteiger partial charge in [-0.2, -0.15) is 0 Å². The van der Waals surface area contributed by atoms with E-state index in [1.54, 1.807) is 11.8 Å². The van der Waals surface area contributed by atoms with Crippen LogP contribution in [0.2, 0.25) is 0 Å². The number of ether oxygens (including phenoxy) is 1. The highest BCUT2D eigenvalue weighted by molar-refractivity contribution is 5.81. The van der Waals surface area contributed by atoms with Gasteiger partial charge in [-0.05, 0) is 42.0 Å². The van der Waals surface area contributed by atoms with E-state index in [1.165, 1.54) is 11.1 Å². The molecule has 1 aliphatic heterocycles. The topological polar surface area (TPSA) is 95.9 Å². The minimum absolute atomic E-state index is 0.0248. The molecule has 7 nitrogen and oxygen atoms in total. The van der Waals surface area contributed by atoms with Crippen LogP contribution in [-0.4, -0.2) is 53.2 Å². The SMILES string of the molecule is CC[C@H](CC(=O)N1CCC(C(=O)O)C1C)NC(=O)OCC1c2ccccc2-c2ccccc21. The van der Waals surface area contributed by atoms with Gasteiger partial charge < -0.3 is 20.1 Å². The lowest BCUT2D eigenvalue weighted by Crippen LogP contribution is -2.43. The third kappa shape index (κ3) is 4.58. The molecule has 2 aromatic rings. The first-order chi connectivity index (χ1) is 15.9. The van der Waals surface area contributed by atoms with Crippen molar-refractivity contribution in [2.75, 3.05) is 13.2 Å². The summed E-state index contributed by atoms with van der Waals surface area (Å²) in [5, 5.41) is 12.1.